The highest BCUT2D eigenvalue weighted by Crippen LogP contribution is 2.29. The van der Waals surface area contributed by atoms with Gasteiger partial charge in [-0.1, -0.05) is 24.6 Å². The van der Waals surface area contributed by atoms with Crippen molar-refractivity contribution in [2.45, 2.75) is 46.6 Å². The lowest BCUT2D eigenvalue weighted by molar-refractivity contribution is 0.594. The average molecular weight is 287 g/mol. The minimum atomic E-state index is 0.421. The van der Waals surface area contributed by atoms with E-state index >= 15 is 0 Å². The summed E-state index contributed by atoms with van der Waals surface area (Å²) in [6, 6.07) is 7.28. The Kier molecular flexibility index (Phi) is 5.00. The Morgan fingerprint density at radius 1 is 1.15 bits per heavy atom. The van der Waals surface area contributed by atoms with Crippen molar-refractivity contribution in [3.05, 3.63) is 56.3 Å². The molecule has 0 saturated heterocycles. The summed E-state index contributed by atoms with van der Waals surface area (Å²) in [4.78, 5) is 1.49. The van der Waals surface area contributed by atoms with Gasteiger partial charge in [-0.05, 0) is 74.4 Å². The van der Waals surface area contributed by atoms with E-state index < -0.39 is 0 Å². The van der Waals surface area contributed by atoms with Crippen LogP contribution in [0.3, 0.4) is 0 Å². The quantitative estimate of drug-likeness (QED) is 0.837. The van der Waals surface area contributed by atoms with Gasteiger partial charge in [0, 0.05) is 10.9 Å². The second-order valence-corrected chi connectivity index (χ2v) is 6.53. The Bertz CT molecular complexity index is 560. The lowest BCUT2D eigenvalue weighted by atomic mass is 9.93. The molecule has 0 amide bonds. The van der Waals surface area contributed by atoms with Gasteiger partial charge in [0.25, 0.3) is 0 Å². The first-order chi connectivity index (χ1) is 9.56. The summed E-state index contributed by atoms with van der Waals surface area (Å²) in [6.45, 7) is 8.88. The predicted molar refractivity (Wildman–Crippen MR) is 89.9 cm³/mol. The highest BCUT2D eigenvalue weighted by molar-refractivity contribution is 7.10. The van der Waals surface area contributed by atoms with Crippen LogP contribution in [-0.4, -0.2) is 7.05 Å². The Labute approximate surface area is 127 Å². The number of hydrogen-bond donors (Lipinski definition) is 1. The molecule has 108 valence electrons. The maximum absolute atomic E-state index is 3.51. The van der Waals surface area contributed by atoms with Crippen LogP contribution in [0.2, 0.25) is 0 Å². The van der Waals surface area contributed by atoms with Crippen LogP contribution in [0.15, 0.2) is 23.6 Å². The standard InChI is InChI=1S/C18H25NS/c1-6-15-7-8-20-18(15)17(19-5)11-16-13(3)9-12(2)10-14(16)4/h7-10,17,19H,6,11H2,1-5H3. The molecule has 1 heterocycles. The van der Waals surface area contributed by atoms with Gasteiger partial charge in [0.05, 0.1) is 0 Å². The van der Waals surface area contributed by atoms with Gasteiger partial charge in [-0.3, -0.25) is 0 Å². The van der Waals surface area contributed by atoms with Crippen LogP contribution in [0.25, 0.3) is 0 Å². The van der Waals surface area contributed by atoms with E-state index in [4.69, 9.17) is 0 Å². The first kappa shape index (κ1) is 15.3. The molecular formula is C18H25NS. The number of nitrogens with one attached hydrogen (secondary N) is 1. The summed E-state index contributed by atoms with van der Waals surface area (Å²) >= 11 is 1.88. The van der Waals surface area contributed by atoms with Gasteiger partial charge in [0.1, 0.15) is 0 Å². The van der Waals surface area contributed by atoms with Crippen molar-refractivity contribution < 1.29 is 0 Å². The van der Waals surface area contributed by atoms with Crippen molar-refractivity contribution in [2.24, 2.45) is 0 Å². The van der Waals surface area contributed by atoms with E-state index in [1.165, 1.54) is 32.7 Å². The lowest BCUT2D eigenvalue weighted by Gasteiger charge is -2.20. The number of aryl methyl sites for hydroxylation is 4. The monoisotopic (exact) mass is 287 g/mol. The molecule has 2 aromatic rings. The molecule has 0 aliphatic heterocycles. The molecule has 0 fully saturated rings. The van der Waals surface area contributed by atoms with Gasteiger partial charge < -0.3 is 5.32 Å². The molecule has 1 unspecified atom stereocenters. The van der Waals surface area contributed by atoms with Crippen LogP contribution >= 0.6 is 11.3 Å². The van der Waals surface area contributed by atoms with E-state index in [-0.39, 0.29) is 0 Å². The molecule has 2 heteroatoms. The van der Waals surface area contributed by atoms with E-state index in [2.05, 4.69) is 63.6 Å². The summed E-state index contributed by atoms with van der Waals surface area (Å²) in [5, 5.41) is 5.72. The number of rotatable bonds is 5. The summed E-state index contributed by atoms with van der Waals surface area (Å²) in [5.41, 5.74) is 7.16. The van der Waals surface area contributed by atoms with Gasteiger partial charge in [-0.25, -0.2) is 0 Å². The minimum absolute atomic E-state index is 0.421. The molecule has 0 bridgehead atoms. The highest BCUT2D eigenvalue weighted by Gasteiger charge is 2.17. The summed E-state index contributed by atoms with van der Waals surface area (Å²) in [7, 11) is 2.07. The largest absolute Gasteiger partial charge is 0.312 e. The SMILES string of the molecule is CCc1ccsc1C(Cc1c(C)cc(C)cc1C)NC. The van der Waals surface area contributed by atoms with Crippen LogP contribution in [0.5, 0.6) is 0 Å². The summed E-state index contributed by atoms with van der Waals surface area (Å²) in [6.07, 6.45) is 2.19. The normalized spacial score (nSPS) is 12.7. The molecule has 2 rings (SSSR count). The van der Waals surface area contributed by atoms with Gasteiger partial charge in [0.15, 0.2) is 0 Å². The number of thiophene rings is 1. The van der Waals surface area contributed by atoms with Gasteiger partial charge >= 0.3 is 0 Å². The van der Waals surface area contributed by atoms with Crippen molar-refractivity contribution in [1.82, 2.24) is 5.32 Å². The molecule has 1 atom stereocenters. The third-order valence-electron chi connectivity index (χ3n) is 4.08. The molecule has 20 heavy (non-hydrogen) atoms. The van der Waals surface area contributed by atoms with Crippen molar-refractivity contribution in [2.75, 3.05) is 7.05 Å². The summed E-state index contributed by atoms with van der Waals surface area (Å²) in [5.74, 6) is 0. The smallest absolute Gasteiger partial charge is 0.0456 e. The molecule has 0 radical (unpaired) electrons. The van der Waals surface area contributed by atoms with E-state index in [9.17, 15) is 0 Å². The van der Waals surface area contributed by atoms with Gasteiger partial charge in [-0.15, -0.1) is 11.3 Å². The summed E-state index contributed by atoms with van der Waals surface area (Å²) < 4.78 is 0. The topological polar surface area (TPSA) is 12.0 Å². The molecule has 0 spiro atoms. The molecule has 0 aliphatic carbocycles. The second-order valence-electron chi connectivity index (χ2n) is 5.59. The van der Waals surface area contributed by atoms with Crippen LogP contribution in [0.1, 0.15) is 45.7 Å². The maximum atomic E-state index is 3.51. The fourth-order valence-electron chi connectivity index (χ4n) is 3.01. The van der Waals surface area contributed by atoms with Crippen molar-refractivity contribution in [3.8, 4) is 0 Å². The number of benzene rings is 1. The van der Waals surface area contributed by atoms with Crippen molar-refractivity contribution in [3.63, 3.8) is 0 Å². The predicted octanol–water partition coefficient (Wildman–Crippen LogP) is 4.74. The zero-order valence-electron chi connectivity index (χ0n) is 13.2. The third-order valence-corrected chi connectivity index (χ3v) is 5.15. The highest BCUT2D eigenvalue weighted by atomic mass is 32.1. The molecule has 0 aliphatic rings. The van der Waals surface area contributed by atoms with Gasteiger partial charge in [0.2, 0.25) is 0 Å². The first-order valence-electron chi connectivity index (χ1n) is 7.37. The van der Waals surface area contributed by atoms with Crippen LogP contribution < -0.4 is 5.32 Å². The lowest BCUT2D eigenvalue weighted by Crippen LogP contribution is -2.20. The fraction of sp³-hybridized carbons (Fsp3) is 0.444. The Balaban J connectivity index is 2.32. The number of likely N-dealkylation sites (N-methyl/N-ethyl adjacent to an activating group) is 1. The minimum Gasteiger partial charge on any atom is -0.312 e. The van der Waals surface area contributed by atoms with E-state index in [1.54, 1.807) is 0 Å². The maximum Gasteiger partial charge on any atom is 0.0456 e. The molecule has 1 aromatic carbocycles. The number of hydrogen-bond acceptors (Lipinski definition) is 2. The molecule has 1 nitrogen and oxygen atoms in total. The molecule has 1 aromatic heterocycles. The Hall–Kier alpha value is -1.12. The molecule has 1 N–H and O–H groups in total. The molecule has 0 saturated carbocycles. The van der Waals surface area contributed by atoms with Crippen LogP contribution in [0.4, 0.5) is 0 Å². The zero-order chi connectivity index (χ0) is 14.7. The van der Waals surface area contributed by atoms with Crippen molar-refractivity contribution in [1.29, 1.82) is 0 Å². The Morgan fingerprint density at radius 2 is 1.80 bits per heavy atom. The van der Waals surface area contributed by atoms with Gasteiger partial charge in [-0.2, -0.15) is 0 Å². The third kappa shape index (κ3) is 3.13. The van der Waals surface area contributed by atoms with Crippen LogP contribution in [-0.2, 0) is 12.8 Å². The van der Waals surface area contributed by atoms with E-state index in [1.807, 2.05) is 11.3 Å². The first-order valence-corrected chi connectivity index (χ1v) is 8.25. The van der Waals surface area contributed by atoms with Crippen molar-refractivity contribution >= 4 is 11.3 Å². The second kappa shape index (κ2) is 6.55. The van der Waals surface area contributed by atoms with Crippen LogP contribution in [0, 0.1) is 20.8 Å². The average Bonchev–Trinajstić information content (AvgIpc) is 2.86. The van der Waals surface area contributed by atoms with E-state index in [0.29, 0.717) is 6.04 Å². The zero-order valence-corrected chi connectivity index (χ0v) is 14.0. The molecular weight excluding hydrogens is 262 g/mol. The fourth-order valence-corrected chi connectivity index (χ4v) is 4.12. The Morgan fingerprint density at radius 3 is 2.35 bits per heavy atom. The van der Waals surface area contributed by atoms with E-state index in [0.717, 1.165) is 12.8 Å².